The Balaban J connectivity index is 1.57. The fourth-order valence-electron chi connectivity index (χ4n) is 3.42. The van der Waals surface area contributed by atoms with Crippen molar-refractivity contribution in [3.8, 4) is 11.5 Å². The molecule has 0 saturated heterocycles. The molecule has 5 nitrogen and oxygen atoms in total. The van der Waals surface area contributed by atoms with E-state index in [1.54, 1.807) is 7.11 Å². The summed E-state index contributed by atoms with van der Waals surface area (Å²) >= 11 is 6.36. The first-order chi connectivity index (χ1) is 13.2. The van der Waals surface area contributed by atoms with Crippen molar-refractivity contribution >= 4 is 23.0 Å². The van der Waals surface area contributed by atoms with Crippen LogP contribution in [0, 0.1) is 0 Å². The fourth-order valence-corrected chi connectivity index (χ4v) is 3.65. The lowest BCUT2D eigenvalue weighted by molar-refractivity contribution is 0.287. The van der Waals surface area contributed by atoms with Gasteiger partial charge in [0.15, 0.2) is 0 Å². The first-order valence-corrected chi connectivity index (χ1v) is 9.33. The molecule has 0 atom stereocenters. The third-order valence-electron chi connectivity index (χ3n) is 4.94. The number of halogens is 1. The van der Waals surface area contributed by atoms with Gasteiger partial charge in [0.25, 0.3) is 0 Å². The molecule has 2 aliphatic heterocycles. The normalized spacial score (nSPS) is 16.3. The van der Waals surface area contributed by atoms with Crippen LogP contribution in [-0.2, 0) is 0 Å². The zero-order valence-corrected chi connectivity index (χ0v) is 16.2. The van der Waals surface area contributed by atoms with Crippen molar-refractivity contribution in [2.45, 2.75) is 6.42 Å². The molecule has 2 aliphatic rings. The molecular weight excluding hydrogens is 362 g/mol. The lowest BCUT2D eigenvalue weighted by Gasteiger charge is -2.29. The molecule has 0 bridgehead atoms. The van der Waals surface area contributed by atoms with Gasteiger partial charge in [-0.3, -0.25) is 5.01 Å². The maximum atomic E-state index is 6.36. The van der Waals surface area contributed by atoms with Crippen LogP contribution in [0.1, 0.15) is 6.42 Å². The summed E-state index contributed by atoms with van der Waals surface area (Å²) in [4.78, 5) is 2.25. The molecule has 0 N–H and O–H groups in total. The smallest absolute Gasteiger partial charge is 0.128 e. The van der Waals surface area contributed by atoms with Gasteiger partial charge < -0.3 is 14.4 Å². The van der Waals surface area contributed by atoms with Crippen LogP contribution < -0.4 is 14.5 Å². The molecule has 0 aliphatic carbocycles. The Morgan fingerprint density at radius 2 is 1.93 bits per heavy atom. The minimum atomic E-state index is 0.494. The molecule has 0 radical (unpaired) electrons. The summed E-state index contributed by atoms with van der Waals surface area (Å²) in [5.41, 5.74) is 4.45. The summed E-state index contributed by atoms with van der Waals surface area (Å²) in [6.07, 6.45) is 0.926. The van der Waals surface area contributed by atoms with Crippen molar-refractivity contribution < 1.29 is 9.47 Å². The number of hydrogen-bond donors (Lipinski definition) is 0. The van der Waals surface area contributed by atoms with E-state index in [1.807, 2.05) is 53.5 Å². The third kappa shape index (κ3) is 3.60. The number of fused-ring (bicyclic) bond motifs is 1. The molecule has 2 aromatic carbocycles. The van der Waals surface area contributed by atoms with Gasteiger partial charge in [-0.1, -0.05) is 29.8 Å². The lowest BCUT2D eigenvalue weighted by atomic mass is 10.0. The van der Waals surface area contributed by atoms with Crippen molar-refractivity contribution in [2.24, 2.45) is 5.10 Å². The zero-order chi connectivity index (χ0) is 18.8. The van der Waals surface area contributed by atoms with E-state index in [0.717, 1.165) is 41.6 Å². The van der Waals surface area contributed by atoms with Crippen molar-refractivity contribution in [1.29, 1.82) is 0 Å². The number of methoxy groups -OCH3 is 1. The van der Waals surface area contributed by atoms with Gasteiger partial charge in [0, 0.05) is 31.7 Å². The first-order valence-electron chi connectivity index (χ1n) is 8.95. The van der Waals surface area contributed by atoms with Crippen LogP contribution >= 0.6 is 11.6 Å². The molecule has 0 spiro atoms. The van der Waals surface area contributed by atoms with Crippen LogP contribution in [0.3, 0.4) is 0 Å². The summed E-state index contributed by atoms with van der Waals surface area (Å²) in [6, 6.07) is 15.5. The van der Waals surface area contributed by atoms with Crippen LogP contribution in [0.15, 0.2) is 64.9 Å². The summed E-state index contributed by atoms with van der Waals surface area (Å²) < 4.78 is 11.3. The van der Waals surface area contributed by atoms with Crippen molar-refractivity contribution in [2.75, 3.05) is 38.9 Å². The molecule has 4 rings (SSSR count). The largest absolute Gasteiger partial charge is 0.497 e. The number of hydrogen-bond acceptors (Lipinski definition) is 5. The Bertz CT molecular complexity index is 910. The predicted octanol–water partition coefficient (Wildman–Crippen LogP) is 4.19. The number of rotatable bonds is 5. The van der Waals surface area contributed by atoms with Crippen molar-refractivity contribution in [3.63, 3.8) is 0 Å². The second kappa shape index (κ2) is 7.53. The highest BCUT2D eigenvalue weighted by Gasteiger charge is 2.30. The number of para-hydroxylation sites is 1. The Morgan fingerprint density at radius 3 is 2.74 bits per heavy atom. The number of anilines is 1. The average Bonchev–Trinajstić information content (AvgIpc) is 3.12. The second-order valence-electron chi connectivity index (χ2n) is 6.62. The highest BCUT2D eigenvalue weighted by molar-refractivity contribution is 6.33. The van der Waals surface area contributed by atoms with E-state index in [9.17, 15) is 0 Å². The molecule has 0 amide bonds. The molecule has 0 saturated carbocycles. The average molecular weight is 384 g/mol. The number of hydrazone groups is 1. The molecule has 0 fully saturated rings. The predicted molar refractivity (Wildman–Crippen MR) is 109 cm³/mol. The fraction of sp³-hybridized carbons (Fsp3) is 0.286. The molecule has 2 heterocycles. The van der Waals surface area contributed by atoms with Gasteiger partial charge in [-0.05, 0) is 24.3 Å². The summed E-state index contributed by atoms with van der Waals surface area (Å²) in [7, 11) is 3.76. The monoisotopic (exact) mass is 383 g/mol. The van der Waals surface area contributed by atoms with Gasteiger partial charge in [0.05, 0.1) is 35.8 Å². The zero-order valence-electron chi connectivity index (χ0n) is 15.5. The molecule has 140 valence electrons. The van der Waals surface area contributed by atoms with E-state index in [-0.39, 0.29) is 0 Å². The van der Waals surface area contributed by atoms with Gasteiger partial charge in [0.1, 0.15) is 18.1 Å². The summed E-state index contributed by atoms with van der Waals surface area (Å²) in [5.74, 6) is 1.58. The summed E-state index contributed by atoms with van der Waals surface area (Å²) in [5, 5.41) is 7.51. The first kappa shape index (κ1) is 17.7. The highest BCUT2D eigenvalue weighted by Crippen LogP contribution is 2.33. The quantitative estimate of drug-likeness (QED) is 0.775. The SMILES string of the molecule is COc1cccc(OCC2=C3CN(c4ccccc4Cl)N=C3CCN2C)c1. The van der Waals surface area contributed by atoms with E-state index < -0.39 is 0 Å². The van der Waals surface area contributed by atoms with Crippen LogP contribution in [0.25, 0.3) is 0 Å². The van der Waals surface area contributed by atoms with Crippen LogP contribution in [-0.4, -0.2) is 44.5 Å². The maximum absolute atomic E-state index is 6.36. The Morgan fingerprint density at radius 1 is 1.11 bits per heavy atom. The van der Waals surface area contributed by atoms with Crippen molar-refractivity contribution in [1.82, 2.24) is 4.90 Å². The minimum Gasteiger partial charge on any atom is -0.497 e. The Kier molecular flexibility index (Phi) is 4.94. The molecule has 0 unspecified atom stereocenters. The molecule has 0 aromatic heterocycles. The van der Waals surface area contributed by atoms with Crippen LogP contribution in [0.5, 0.6) is 11.5 Å². The summed E-state index contributed by atoms with van der Waals surface area (Å²) in [6.45, 7) is 2.13. The molecule has 27 heavy (non-hydrogen) atoms. The number of ether oxygens (including phenoxy) is 2. The maximum Gasteiger partial charge on any atom is 0.128 e. The minimum absolute atomic E-state index is 0.494. The molecule has 6 heteroatoms. The van der Waals surface area contributed by atoms with Crippen LogP contribution in [0.4, 0.5) is 5.69 Å². The van der Waals surface area contributed by atoms with E-state index in [4.69, 9.17) is 26.2 Å². The van der Waals surface area contributed by atoms with E-state index >= 15 is 0 Å². The highest BCUT2D eigenvalue weighted by atomic mass is 35.5. The third-order valence-corrected chi connectivity index (χ3v) is 5.26. The van der Waals surface area contributed by atoms with Gasteiger partial charge in [0.2, 0.25) is 0 Å². The Hall–Kier alpha value is -2.66. The van der Waals surface area contributed by atoms with E-state index in [2.05, 4.69) is 11.9 Å². The second-order valence-corrected chi connectivity index (χ2v) is 7.03. The van der Waals surface area contributed by atoms with Gasteiger partial charge in [-0.2, -0.15) is 5.10 Å². The van der Waals surface area contributed by atoms with Crippen molar-refractivity contribution in [3.05, 3.63) is 64.8 Å². The topological polar surface area (TPSA) is 37.3 Å². The lowest BCUT2D eigenvalue weighted by Crippen LogP contribution is -2.33. The molecule has 2 aromatic rings. The number of nitrogens with zero attached hydrogens (tertiary/aromatic N) is 3. The molecular formula is C21H22ClN3O2. The van der Waals surface area contributed by atoms with Gasteiger partial charge in [-0.25, -0.2) is 0 Å². The van der Waals surface area contributed by atoms with Gasteiger partial charge in [-0.15, -0.1) is 0 Å². The Labute approximate surface area is 164 Å². The van der Waals surface area contributed by atoms with E-state index in [1.165, 1.54) is 5.57 Å². The number of likely N-dealkylation sites (N-methyl/N-ethyl adjacent to an activating group) is 1. The van der Waals surface area contributed by atoms with Crippen LogP contribution in [0.2, 0.25) is 5.02 Å². The number of benzene rings is 2. The standard InChI is InChI=1S/C21H22ClN3O2/c1-24-11-10-19-17(13-25(23-19)20-9-4-3-8-18(20)22)21(24)14-27-16-7-5-6-15(12-16)26-2/h3-9,12H,10-11,13-14H2,1-2H3. The van der Waals surface area contributed by atoms with Gasteiger partial charge >= 0.3 is 0 Å². The van der Waals surface area contributed by atoms with E-state index in [0.29, 0.717) is 18.2 Å².